The summed E-state index contributed by atoms with van der Waals surface area (Å²) in [4.78, 5) is 0. The highest BCUT2D eigenvalue weighted by molar-refractivity contribution is 5.21. The van der Waals surface area contributed by atoms with E-state index in [4.69, 9.17) is 4.74 Å². The molecule has 0 N–H and O–H groups in total. The third-order valence-electron chi connectivity index (χ3n) is 12.1. The van der Waals surface area contributed by atoms with E-state index in [0.29, 0.717) is 10.8 Å². The highest BCUT2D eigenvalue weighted by Gasteiger charge is 2.72. The lowest BCUT2D eigenvalue weighted by molar-refractivity contribution is -0.118. The minimum atomic E-state index is 0.185. The summed E-state index contributed by atoms with van der Waals surface area (Å²) < 4.78 is 6.40. The summed E-state index contributed by atoms with van der Waals surface area (Å²) >= 11 is 0. The highest BCUT2D eigenvalue weighted by atomic mass is 16.6. The Labute approximate surface area is 187 Å². The summed E-state index contributed by atoms with van der Waals surface area (Å²) in [6.45, 7) is 17.6. The predicted octanol–water partition coefficient (Wildman–Crippen LogP) is 8.27. The lowest BCUT2D eigenvalue weighted by Crippen LogP contribution is -2.56. The molecule has 0 amide bonds. The van der Waals surface area contributed by atoms with Crippen LogP contribution in [0.1, 0.15) is 119 Å². The van der Waals surface area contributed by atoms with Crippen molar-refractivity contribution in [1.82, 2.24) is 0 Å². The van der Waals surface area contributed by atoms with Crippen LogP contribution < -0.4 is 0 Å². The number of hydrogen-bond acceptors (Lipinski definition) is 1. The lowest BCUT2D eigenvalue weighted by atomic mass is 9.43. The number of fused-ring (bicyclic) bond motifs is 6. The van der Waals surface area contributed by atoms with Gasteiger partial charge < -0.3 is 4.74 Å². The Morgan fingerprint density at radius 3 is 2.27 bits per heavy atom. The first-order valence-electron chi connectivity index (χ1n) is 13.7. The molecule has 1 aliphatic heterocycles. The average molecular weight is 415 g/mol. The van der Waals surface area contributed by atoms with Crippen molar-refractivity contribution < 1.29 is 4.74 Å². The van der Waals surface area contributed by atoms with Gasteiger partial charge in [-0.05, 0) is 117 Å². The molecule has 172 valence electrons. The number of rotatable bonds is 5. The molecule has 5 fully saturated rings. The van der Waals surface area contributed by atoms with Crippen LogP contribution in [0.5, 0.6) is 0 Å². The van der Waals surface area contributed by atoms with E-state index in [0.717, 1.165) is 41.4 Å². The molecule has 5 aliphatic rings. The van der Waals surface area contributed by atoms with Crippen molar-refractivity contribution in [3.05, 3.63) is 0 Å². The second-order valence-corrected chi connectivity index (χ2v) is 14.1. The fraction of sp³-hybridized carbons (Fsp3) is 1.00. The number of epoxide rings is 1. The molecule has 0 unspecified atom stereocenters. The second-order valence-electron chi connectivity index (χ2n) is 14.1. The van der Waals surface area contributed by atoms with Crippen molar-refractivity contribution >= 4 is 0 Å². The summed E-state index contributed by atoms with van der Waals surface area (Å²) in [5, 5.41) is 0. The fourth-order valence-electron chi connectivity index (χ4n) is 10.3. The maximum absolute atomic E-state index is 6.40. The normalized spacial score (nSPS) is 55.4. The molecule has 0 aromatic carbocycles. The van der Waals surface area contributed by atoms with Crippen LogP contribution in [0.4, 0.5) is 0 Å². The predicted molar refractivity (Wildman–Crippen MR) is 126 cm³/mol. The maximum Gasteiger partial charge on any atom is 0.0954 e. The van der Waals surface area contributed by atoms with Gasteiger partial charge in [0.1, 0.15) is 0 Å². The molecule has 0 bridgehead atoms. The minimum Gasteiger partial charge on any atom is -0.363 e. The van der Waals surface area contributed by atoms with Gasteiger partial charge in [0.25, 0.3) is 0 Å². The smallest absolute Gasteiger partial charge is 0.0954 e. The van der Waals surface area contributed by atoms with E-state index >= 15 is 0 Å². The van der Waals surface area contributed by atoms with E-state index in [2.05, 4.69) is 48.5 Å². The number of ether oxygens (including phenoxy) is 1. The zero-order valence-electron chi connectivity index (χ0n) is 21.2. The summed E-state index contributed by atoms with van der Waals surface area (Å²) in [6.07, 6.45) is 16.1. The Bertz CT molecular complexity index is 669. The van der Waals surface area contributed by atoms with Gasteiger partial charge in [0, 0.05) is 0 Å². The first-order chi connectivity index (χ1) is 14.0. The van der Waals surface area contributed by atoms with Gasteiger partial charge in [0.05, 0.1) is 11.2 Å². The van der Waals surface area contributed by atoms with E-state index in [1.807, 2.05) is 0 Å². The first-order valence-corrected chi connectivity index (χ1v) is 13.7. The third kappa shape index (κ3) is 3.03. The molecule has 1 heterocycles. The second kappa shape index (κ2) is 6.98. The molecule has 0 aromatic rings. The van der Waals surface area contributed by atoms with Crippen molar-refractivity contribution in [1.29, 1.82) is 0 Å². The summed E-state index contributed by atoms with van der Waals surface area (Å²) in [5.74, 6) is 6.67. The van der Waals surface area contributed by atoms with Gasteiger partial charge in [-0.2, -0.15) is 0 Å². The lowest BCUT2D eigenvalue weighted by Gasteiger charge is -2.61. The molecule has 30 heavy (non-hydrogen) atoms. The molecular weight excluding hydrogens is 364 g/mol. The van der Waals surface area contributed by atoms with E-state index in [1.165, 1.54) is 70.6 Å². The van der Waals surface area contributed by atoms with E-state index in [1.54, 1.807) is 0 Å². The van der Waals surface area contributed by atoms with Gasteiger partial charge in [0.2, 0.25) is 0 Å². The van der Waals surface area contributed by atoms with Crippen LogP contribution in [-0.2, 0) is 4.74 Å². The zero-order valence-corrected chi connectivity index (χ0v) is 21.2. The van der Waals surface area contributed by atoms with Crippen molar-refractivity contribution in [2.45, 2.75) is 130 Å². The van der Waals surface area contributed by atoms with Gasteiger partial charge in [-0.15, -0.1) is 0 Å². The van der Waals surface area contributed by atoms with Crippen molar-refractivity contribution in [3.8, 4) is 0 Å². The third-order valence-corrected chi connectivity index (χ3v) is 12.1. The Balaban J connectivity index is 1.32. The van der Waals surface area contributed by atoms with Crippen molar-refractivity contribution in [3.63, 3.8) is 0 Å². The Hall–Kier alpha value is -0.0400. The van der Waals surface area contributed by atoms with Gasteiger partial charge in [0.15, 0.2) is 0 Å². The Kier molecular flexibility index (Phi) is 5.07. The molecule has 0 spiro atoms. The molecule has 1 heteroatoms. The van der Waals surface area contributed by atoms with Crippen LogP contribution in [-0.4, -0.2) is 11.2 Å². The molecular formula is C29H50O. The molecule has 1 nitrogen and oxygen atoms in total. The van der Waals surface area contributed by atoms with E-state index < -0.39 is 0 Å². The van der Waals surface area contributed by atoms with E-state index in [-0.39, 0.29) is 11.2 Å². The summed E-state index contributed by atoms with van der Waals surface area (Å²) in [5.41, 5.74) is 1.56. The van der Waals surface area contributed by atoms with Crippen LogP contribution in [0, 0.1) is 52.3 Å². The fourth-order valence-corrected chi connectivity index (χ4v) is 10.3. The molecule has 0 radical (unpaired) electrons. The van der Waals surface area contributed by atoms with E-state index in [9.17, 15) is 0 Å². The zero-order chi connectivity index (χ0) is 21.5. The van der Waals surface area contributed by atoms with Gasteiger partial charge in [-0.3, -0.25) is 0 Å². The van der Waals surface area contributed by atoms with Crippen molar-refractivity contribution in [2.75, 3.05) is 0 Å². The maximum atomic E-state index is 6.40. The standard InChI is InChI=1S/C29H50O/c1-19(2)9-8-10-20(3)23-13-14-24-22-12-11-21-17-28(6)29(7,30-28)18-27(21,5)25(22)15-16-26(23,24)4/h19-25H,8-18H2,1-7H3/t20-,21+,22+,23-,24+,25+,26-,27+,28+,29-/m1/s1. The van der Waals surface area contributed by atoms with Crippen LogP contribution in [0.3, 0.4) is 0 Å². The minimum absolute atomic E-state index is 0.185. The van der Waals surface area contributed by atoms with Gasteiger partial charge in [-0.25, -0.2) is 0 Å². The van der Waals surface area contributed by atoms with Crippen LogP contribution >= 0.6 is 0 Å². The van der Waals surface area contributed by atoms with Crippen LogP contribution in [0.15, 0.2) is 0 Å². The SMILES string of the molecule is CC(C)CCC[C@@H](C)[C@H]1CC[C@H]2[C@@H]3CC[C@H]4C[C@]5(C)O[C@]5(C)C[C@]4(C)[C@H]3CC[C@]12C. The molecule has 0 aromatic heterocycles. The highest BCUT2D eigenvalue weighted by Crippen LogP contribution is 2.73. The topological polar surface area (TPSA) is 12.5 Å². The first kappa shape index (κ1) is 21.8. The quantitative estimate of drug-likeness (QED) is 0.412. The van der Waals surface area contributed by atoms with Gasteiger partial charge >= 0.3 is 0 Å². The summed E-state index contributed by atoms with van der Waals surface area (Å²) in [7, 11) is 0. The largest absolute Gasteiger partial charge is 0.363 e. The molecule has 10 atom stereocenters. The average Bonchev–Trinajstić information content (AvgIpc) is 3.01. The van der Waals surface area contributed by atoms with Crippen LogP contribution in [0.2, 0.25) is 0 Å². The van der Waals surface area contributed by atoms with Gasteiger partial charge in [-0.1, -0.05) is 53.9 Å². The van der Waals surface area contributed by atoms with Crippen molar-refractivity contribution in [2.24, 2.45) is 52.3 Å². The molecule has 4 saturated carbocycles. The van der Waals surface area contributed by atoms with Crippen LogP contribution in [0.25, 0.3) is 0 Å². The monoisotopic (exact) mass is 414 g/mol. The molecule has 4 aliphatic carbocycles. The summed E-state index contributed by atoms with van der Waals surface area (Å²) in [6, 6.07) is 0. The molecule has 5 rings (SSSR count). The number of hydrogen-bond donors (Lipinski definition) is 0. The Morgan fingerprint density at radius 2 is 1.53 bits per heavy atom. The Morgan fingerprint density at radius 1 is 0.800 bits per heavy atom. The molecule has 1 saturated heterocycles.